The Balaban J connectivity index is 2.28. The predicted octanol–water partition coefficient (Wildman–Crippen LogP) is 0.900. The maximum Gasteiger partial charge on any atom is 0.224 e. The lowest BCUT2D eigenvalue weighted by Gasteiger charge is -2.23. The van der Waals surface area contributed by atoms with Crippen molar-refractivity contribution in [2.24, 2.45) is 5.73 Å². The van der Waals surface area contributed by atoms with Crippen LogP contribution in [0, 0.1) is 0 Å². The molecule has 0 saturated carbocycles. The van der Waals surface area contributed by atoms with Crippen LogP contribution >= 0.6 is 0 Å². The van der Waals surface area contributed by atoms with Crippen molar-refractivity contribution in [2.45, 2.75) is 25.4 Å². The molecule has 4 nitrogen and oxygen atoms in total. The highest BCUT2D eigenvalue weighted by Gasteiger charge is 2.39. The van der Waals surface area contributed by atoms with E-state index in [2.05, 4.69) is 0 Å². The molecule has 1 aliphatic rings. The van der Waals surface area contributed by atoms with Crippen LogP contribution in [0.3, 0.4) is 0 Å². The Bertz CT molecular complexity index is 321. The van der Waals surface area contributed by atoms with Gasteiger partial charge in [-0.2, -0.15) is 0 Å². The lowest BCUT2D eigenvalue weighted by atomic mass is 10.1. The van der Waals surface area contributed by atoms with Gasteiger partial charge in [0.15, 0.2) is 0 Å². The fourth-order valence-electron chi connectivity index (χ4n) is 2.01. The summed E-state index contributed by atoms with van der Waals surface area (Å²) in [6.07, 6.45) is 2.03. The van der Waals surface area contributed by atoms with Gasteiger partial charge in [0.1, 0.15) is 11.8 Å². The first kappa shape index (κ1) is 9.27. The smallest absolute Gasteiger partial charge is 0.224 e. The normalized spacial score (nSPS) is 27.3. The second-order valence-corrected chi connectivity index (χ2v) is 3.51. The van der Waals surface area contributed by atoms with Crippen LogP contribution in [0.15, 0.2) is 22.8 Å². The predicted molar refractivity (Wildman–Crippen MR) is 51.4 cm³/mol. The van der Waals surface area contributed by atoms with Crippen molar-refractivity contribution in [1.29, 1.82) is 0 Å². The average Bonchev–Trinajstić information content (AvgIpc) is 2.72. The van der Waals surface area contributed by atoms with E-state index in [9.17, 15) is 4.79 Å². The van der Waals surface area contributed by atoms with Crippen LogP contribution in [0.4, 0.5) is 0 Å². The Morgan fingerprint density at radius 2 is 2.50 bits per heavy atom. The highest BCUT2D eigenvalue weighted by molar-refractivity contribution is 5.80. The molecule has 1 amide bonds. The zero-order valence-corrected chi connectivity index (χ0v) is 8.14. The van der Waals surface area contributed by atoms with E-state index in [1.165, 1.54) is 0 Å². The number of hydrogen-bond acceptors (Lipinski definition) is 3. The molecule has 4 heteroatoms. The largest absolute Gasteiger partial charge is 0.467 e. The van der Waals surface area contributed by atoms with Crippen molar-refractivity contribution in [3.63, 3.8) is 0 Å². The Morgan fingerprint density at radius 3 is 3.07 bits per heavy atom. The van der Waals surface area contributed by atoms with Gasteiger partial charge in [-0.15, -0.1) is 0 Å². The molecule has 0 bridgehead atoms. The molecule has 1 fully saturated rings. The zero-order valence-electron chi connectivity index (χ0n) is 8.14. The van der Waals surface area contributed by atoms with E-state index < -0.39 is 0 Å². The molecule has 1 aliphatic heterocycles. The van der Waals surface area contributed by atoms with Gasteiger partial charge < -0.3 is 15.1 Å². The number of nitrogens with zero attached hydrogens (tertiary/aromatic N) is 1. The number of likely N-dealkylation sites (N-methyl/N-ethyl adjacent to an activating group) is 1. The summed E-state index contributed by atoms with van der Waals surface area (Å²) >= 11 is 0. The maximum atomic E-state index is 11.5. The number of nitrogens with two attached hydrogens (primary N) is 1. The molecule has 0 spiro atoms. The van der Waals surface area contributed by atoms with Crippen LogP contribution in [0.1, 0.15) is 25.1 Å². The first-order valence-electron chi connectivity index (χ1n) is 4.82. The number of amides is 1. The minimum atomic E-state index is -0.145. The van der Waals surface area contributed by atoms with Crippen LogP contribution < -0.4 is 5.73 Å². The Kier molecular flexibility index (Phi) is 2.29. The highest BCUT2D eigenvalue weighted by atomic mass is 16.3. The van der Waals surface area contributed by atoms with Gasteiger partial charge in [-0.05, 0) is 19.1 Å². The Morgan fingerprint density at radius 1 is 1.71 bits per heavy atom. The van der Waals surface area contributed by atoms with Gasteiger partial charge in [0.25, 0.3) is 0 Å². The quantitative estimate of drug-likeness (QED) is 0.761. The molecule has 2 N–H and O–H groups in total. The summed E-state index contributed by atoms with van der Waals surface area (Å²) in [7, 11) is 0. The van der Waals surface area contributed by atoms with E-state index >= 15 is 0 Å². The number of furan rings is 1. The van der Waals surface area contributed by atoms with Gasteiger partial charge in [0.2, 0.25) is 5.91 Å². The zero-order chi connectivity index (χ0) is 10.1. The molecule has 2 unspecified atom stereocenters. The standard InChI is InChI=1S/C10H14N2O2/c1-2-12-9(13)6-7(11)10(12)8-4-3-5-14-8/h3-5,7,10H,2,6,11H2,1H3. The first-order chi connectivity index (χ1) is 6.74. The van der Waals surface area contributed by atoms with Crippen LogP contribution in [-0.4, -0.2) is 23.4 Å². The van der Waals surface area contributed by atoms with Crippen LogP contribution in [-0.2, 0) is 4.79 Å². The van der Waals surface area contributed by atoms with Gasteiger partial charge in [0, 0.05) is 19.0 Å². The van der Waals surface area contributed by atoms with E-state index in [1.807, 2.05) is 19.1 Å². The van der Waals surface area contributed by atoms with Crippen molar-refractivity contribution in [3.05, 3.63) is 24.2 Å². The van der Waals surface area contributed by atoms with E-state index in [0.29, 0.717) is 13.0 Å². The summed E-state index contributed by atoms with van der Waals surface area (Å²) in [5, 5.41) is 0. The van der Waals surface area contributed by atoms with Crippen molar-refractivity contribution < 1.29 is 9.21 Å². The number of hydrogen-bond donors (Lipinski definition) is 1. The van der Waals surface area contributed by atoms with Crippen molar-refractivity contribution in [1.82, 2.24) is 4.90 Å². The summed E-state index contributed by atoms with van der Waals surface area (Å²) in [4.78, 5) is 13.3. The molecule has 2 heterocycles. The third kappa shape index (κ3) is 1.32. The molecule has 1 saturated heterocycles. The molecule has 0 radical (unpaired) electrons. The third-order valence-corrected chi connectivity index (χ3v) is 2.65. The van der Waals surface area contributed by atoms with Crippen LogP contribution in [0.25, 0.3) is 0 Å². The first-order valence-corrected chi connectivity index (χ1v) is 4.82. The van der Waals surface area contributed by atoms with E-state index in [4.69, 9.17) is 10.2 Å². The minimum Gasteiger partial charge on any atom is -0.467 e. The number of likely N-dealkylation sites (tertiary alicyclic amines) is 1. The van der Waals surface area contributed by atoms with Crippen molar-refractivity contribution in [3.8, 4) is 0 Å². The molecule has 2 atom stereocenters. The summed E-state index contributed by atoms with van der Waals surface area (Å²) in [6, 6.07) is 3.46. The van der Waals surface area contributed by atoms with E-state index in [0.717, 1.165) is 5.76 Å². The van der Waals surface area contributed by atoms with Crippen LogP contribution in [0.2, 0.25) is 0 Å². The molecule has 0 aliphatic carbocycles. The highest BCUT2D eigenvalue weighted by Crippen LogP contribution is 2.31. The van der Waals surface area contributed by atoms with E-state index in [1.54, 1.807) is 11.2 Å². The van der Waals surface area contributed by atoms with Gasteiger partial charge >= 0.3 is 0 Å². The van der Waals surface area contributed by atoms with E-state index in [-0.39, 0.29) is 18.0 Å². The molecular formula is C10H14N2O2. The summed E-state index contributed by atoms with van der Waals surface area (Å²) in [6.45, 7) is 2.63. The topological polar surface area (TPSA) is 59.5 Å². The molecular weight excluding hydrogens is 180 g/mol. The molecule has 76 valence electrons. The van der Waals surface area contributed by atoms with Crippen molar-refractivity contribution >= 4 is 5.91 Å². The molecule has 14 heavy (non-hydrogen) atoms. The number of carbonyl (C=O) groups is 1. The average molecular weight is 194 g/mol. The number of carbonyl (C=O) groups excluding carboxylic acids is 1. The summed E-state index contributed by atoms with van der Waals surface area (Å²) in [5.41, 5.74) is 5.90. The monoisotopic (exact) mass is 194 g/mol. The Hall–Kier alpha value is -1.29. The number of rotatable bonds is 2. The lowest BCUT2D eigenvalue weighted by molar-refractivity contribution is -0.129. The Labute approximate surface area is 82.7 Å². The molecule has 2 rings (SSSR count). The third-order valence-electron chi connectivity index (χ3n) is 2.65. The van der Waals surface area contributed by atoms with Gasteiger partial charge in [0.05, 0.1) is 6.26 Å². The fraction of sp³-hybridized carbons (Fsp3) is 0.500. The van der Waals surface area contributed by atoms with Gasteiger partial charge in [-0.3, -0.25) is 4.79 Å². The lowest BCUT2D eigenvalue weighted by Crippen LogP contribution is -2.32. The van der Waals surface area contributed by atoms with Gasteiger partial charge in [-0.25, -0.2) is 0 Å². The molecule has 1 aromatic rings. The SMILES string of the molecule is CCN1C(=O)CC(N)C1c1ccco1. The minimum absolute atomic E-state index is 0.0810. The van der Waals surface area contributed by atoms with Gasteiger partial charge in [-0.1, -0.05) is 0 Å². The second-order valence-electron chi connectivity index (χ2n) is 3.51. The van der Waals surface area contributed by atoms with Crippen molar-refractivity contribution in [2.75, 3.05) is 6.54 Å². The molecule has 0 aromatic carbocycles. The summed E-state index contributed by atoms with van der Waals surface area (Å²) in [5.74, 6) is 0.895. The van der Waals surface area contributed by atoms with Crippen LogP contribution in [0.5, 0.6) is 0 Å². The summed E-state index contributed by atoms with van der Waals surface area (Å²) < 4.78 is 5.29. The maximum absolute atomic E-state index is 11.5. The fourth-order valence-corrected chi connectivity index (χ4v) is 2.01. The second kappa shape index (κ2) is 3.46. The molecule has 1 aromatic heterocycles.